The summed E-state index contributed by atoms with van der Waals surface area (Å²) in [6.45, 7) is 2.72. The molecule has 0 bridgehead atoms. The van der Waals surface area contributed by atoms with E-state index in [0.29, 0.717) is 30.4 Å². The van der Waals surface area contributed by atoms with Gasteiger partial charge >= 0.3 is 0 Å². The molecule has 10 heteroatoms. The number of sulfonamides is 1. The first kappa shape index (κ1) is 17.3. The number of carbonyl (C=O) groups is 1. The SMILES string of the molecule is NS(=O)(=O)c1ccc(C(=O)Nc2cnc(N3CCOCC3)nc2)cc1. The van der Waals surface area contributed by atoms with Crippen LogP contribution in [0, 0.1) is 0 Å². The van der Waals surface area contributed by atoms with Crippen LogP contribution < -0.4 is 15.4 Å². The van der Waals surface area contributed by atoms with Crippen molar-refractivity contribution in [2.24, 2.45) is 5.14 Å². The molecule has 0 saturated carbocycles. The number of primary sulfonamides is 1. The van der Waals surface area contributed by atoms with Gasteiger partial charge in [0.1, 0.15) is 0 Å². The third-order valence-corrected chi connectivity index (χ3v) is 4.56. The molecule has 9 nitrogen and oxygen atoms in total. The van der Waals surface area contributed by atoms with E-state index in [1.54, 1.807) is 0 Å². The summed E-state index contributed by atoms with van der Waals surface area (Å²) in [5, 5.41) is 7.68. The maximum Gasteiger partial charge on any atom is 0.255 e. The number of hydrogen-bond acceptors (Lipinski definition) is 7. The third-order valence-electron chi connectivity index (χ3n) is 3.64. The number of nitrogens with zero attached hydrogens (tertiary/aromatic N) is 3. The summed E-state index contributed by atoms with van der Waals surface area (Å²) in [5.41, 5.74) is 0.738. The molecule has 0 spiro atoms. The van der Waals surface area contributed by atoms with E-state index in [9.17, 15) is 13.2 Å². The fourth-order valence-electron chi connectivity index (χ4n) is 2.31. The van der Waals surface area contributed by atoms with Crippen molar-refractivity contribution in [3.05, 3.63) is 42.2 Å². The second-order valence-electron chi connectivity index (χ2n) is 5.39. The summed E-state index contributed by atoms with van der Waals surface area (Å²) in [6.07, 6.45) is 3.04. The van der Waals surface area contributed by atoms with Crippen LogP contribution in [-0.4, -0.2) is 50.6 Å². The summed E-state index contributed by atoms with van der Waals surface area (Å²) in [4.78, 5) is 22.6. The first-order valence-electron chi connectivity index (χ1n) is 7.52. The highest BCUT2D eigenvalue weighted by Gasteiger charge is 2.14. The Kier molecular flexibility index (Phi) is 4.93. The molecule has 0 atom stereocenters. The zero-order chi connectivity index (χ0) is 17.9. The van der Waals surface area contributed by atoms with Crippen molar-refractivity contribution in [1.82, 2.24) is 9.97 Å². The smallest absolute Gasteiger partial charge is 0.255 e. The standard InChI is InChI=1S/C15H17N5O4S/c16-25(22,23)13-3-1-11(2-4-13)14(21)19-12-9-17-15(18-10-12)20-5-7-24-8-6-20/h1-4,9-10H,5-8H2,(H,19,21)(H2,16,22,23). The predicted molar refractivity (Wildman–Crippen MR) is 90.8 cm³/mol. The summed E-state index contributed by atoms with van der Waals surface area (Å²) < 4.78 is 27.7. The van der Waals surface area contributed by atoms with Crippen LogP contribution in [0.15, 0.2) is 41.6 Å². The average molecular weight is 363 g/mol. The number of nitrogens with one attached hydrogen (secondary N) is 1. The molecule has 132 valence electrons. The number of nitrogens with two attached hydrogens (primary N) is 1. The molecule has 3 rings (SSSR count). The Bertz CT molecular complexity index is 846. The van der Waals surface area contributed by atoms with Gasteiger partial charge in [0, 0.05) is 18.7 Å². The van der Waals surface area contributed by atoms with Crippen molar-refractivity contribution in [1.29, 1.82) is 0 Å². The summed E-state index contributed by atoms with van der Waals surface area (Å²) >= 11 is 0. The first-order valence-corrected chi connectivity index (χ1v) is 9.07. The highest BCUT2D eigenvalue weighted by molar-refractivity contribution is 7.89. The van der Waals surface area contributed by atoms with Crippen molar-refractivity contribution < 1.29 is 17.9 Å². The highest BCUT2D eigenvalue weighted by atomic mass is 32.2. The lowest BCUT2D eigenvalue weighted by Crippen LogP contribution is -2.37. The molecule has 1 aliphatic heterocycles. The van der Waals surface area contributed by atoms with Crippen LogP contribution >= 0.6 is 0 Å². The fraction of sp³-hybridized carbons (Fsp3) is 0.267. The Hall–Kier alpha value is -2.56. The normalized spacial score (nSPS) is 15.0. The van der Waals surface area contributed by atoms with Gasteiger partial charge in [-0.2, -0.15) is 0 Å². The molecule has 3 N–H and O–H groups in total. The maximum atomic E-state index is 12.2. The number of ether oxygens (including phenoxy) is 1. The van der Waals surface area contributed by atoms with Gasteiger partial charge in [-0.05, 0) is 24.3 Å². The largest absolute Gasteiger partial charge is 0.378 e. The summed E-state index contributed by atoms with van der Waals surface area (Å²) in [6, 6.07) is 5.33. The Morgan fingerprint density at radius 3 is 2.28 bits per heavy atom. The Balaban J connectivity index is 1.66. The van der Waals surface area contributed by atoms with Gasteiger partial charge in [-0.3, -0.25) is 4.79 Å². The van der Waals surface area contributed by atoms with Crippen molar-refractivity contribution in [3.63, 3.8) is 0 Å². The van der Waals surface area contributed by atoms with Gasteiger partial charge in [-0.25, -0.2) is 23.5 Å². The van der Waals surface area contributed by atoms with Gasteiger partial charge in [0.05, 0.1) is 36.2 Å². The van der Waals surface area contributed by atoms with Crippen molar-refractivity contribution >= 4 is 27.6 Å². The van der Waals surface area contributed by atoms with Gasteiger partial charge in [0.15, 0.2) is 0 Å². The van der Waals surface area contributed by atoms with Crippen molar-refractivity contribution in [2.75, 3.05) is 36.5 Å². The minimum atomic E-state index is -3.78. The van der Waals surface area contributed by atoms with Crippen LogP contribution in [0.2, 0.25) is 0 Å². The lowest BCUT2D eigenvalue weighted by atomic mass is 10.2. The minimum Gasteiger partial charge on any atom is -0.378 e. The number of hydrogen-bond donors (Lipinski definition) is 2. The van der Waals surface area contributed by atoms with Crippen LogP contribution in [0.5, 0.6) is 0 Å². The number of morpholine rings is 1. The van der Waals surface area contributed by atoms with E-state index in [1.807, 2.05) is 4.90 Å². The van der Waals surface area contributed by atoms with E-state index in [2.05, 4.69) is 15.3 Å². The number of amides is 1. The molecule has 1 aromatic carbocycles. The van der Waals surface area contributed by atoms with Gasteiger partial charge in [0.2, 0.25) is 16.0 Å². The van der Waals surface area contributed by atoms with E-state index in [0.717, 1.165) is 13.1 Å². The average Bonchev–Trinajstić information content (AvgIpc) is 2.62. The van der Waals surface area contributed by atoms with Gasteiger partial charge in [-0.15, -0.1) is 0 Å². The summed E-state index contributed by atoms with van der Waals surface area (Å²) in [7, 11) is -3.78. The molecule has 1 saturated heterocycles. The number of benzene rings is 1. The van der Waals surface area contributed by atoms with E-state index in [1.165, 1.54) is 36.7 Å². The van der Waals surface area contributed by atoms with Crippen LogP contribution in [0.3, 0.4) is 0 Å². The molecule has 2 heterocycles. The molecule has 1 fully saturated rings. The molecular formula is C15H17N5O4S. The van der Waals surface area contributed by atoms with E-state index < -0.39 is 15.9 Å². The second kappa shape index (κ2) is 7.13. The van der Waals surface area contributed by atoms with E-state index >= 15 is 0 Å². The minimum absolute atomic E-state index is 0.0535. The Morgan fingerprint density at radius 1 is 1.12 bits per heavy atom. The monoisotopic (exact) mass is 363 g/mol. The maximum absolute atomic E-state index is 12.2. The van der Waals surface area contributed by atoms with Crippen LogP contribution in [0.4, 0.5) is 11.6 Å². The Labute approximate surface area is 144 Å². The summed E-state index contributed by atoms with van der Waals surface area (Å²) in [5.74, 6) is 0.183. The van der Waals surface area contributed by atoms with Crippen LogP contribution in [0.25, 0.3) is 0 Å². The molecule has 25 heavy (non-hydrogen) atoms. The molecule has 1 aliphatic rings. The molecule has 0 aliphatic carbocycles. The first-order chi connectivity index (χ1) is 11.9. The van der Waals surface area contributed by atoms with E-state index in [4.69, 9.17) is 9.88 Å². The molecular weight excluding hydrogens is 346 g/mol. The number of anilines is 2. The van der Waals surface area contributed by atoms with Crippen LogP contribution in [-0.2, 0) is 14.8 Å². The third kappa shape index (κ3) is 4.29. The van der Waals surface area contributed by atoms with Crippen molar-refractivity contribution in [2.45, 2.75) is 4.90 Å². The van der Waals surface area contributed by atoms with E-state index in [-0.39, 0.29) is 4.90 Å². The molecule has 0 radical (unpaired) electrons. The lowest BCUT2D eigenvalue weighted by molar-refractivity contribution is 0.102. The fourth-order valence-corrected chi connectivity index (χ4v) is 2.83. The van der Waals surface area contributed by atoms with Gasteiger partial charge in [-0.1, -0.05) is 0 Å². The molecule has 1 aromatic heterocycles. The molecule has 0 unspecified atom stereocenters. The highest BCUT2D eigenvalue weighted by Crippen LogP contribution is 2.14. The van der Waals surface area contributed by atoms with Gasteiger partial charge in [0.25, 0.3) is 5.91 Å². The quantitative estimate of drug-likeness (QED) is 0.795. The van der Waals surface area contributed by atoms with Gasteiger partial charge < -0.3 is 15.0 Å². The topological polar surface area (TPSA) is 128 Å². The molecule has 2 aromatic rings. The number of carbonyl (C=O) groups excluding carboxylic acids is 1. The molecule has 1 amide bonds. The van der Waals surface area contributed by atoms with Crippen LogP contribution in [0.1, 0.15) is 10.4 Å². The number of aromatic nitrogens is 2. The zero-order valence-corrected chi connectivity index (χ0v) is 14.1. The predicted octanol–water partition coefficient (Wildman–Crippen LogP) is 0.213. The zero-order valence-electron chi connectivity index (χ0n) is 13.3. The second-order valence-corrected chi connectivity index (χ2v) is 6.96. The Morgan fingerprint density at radius 2 is 1.72 bits per heavy atom. The number of rotatable bonds is 4. The lowest BCUT2D eigenvalue weighted by Gasteiger charge is -2.26. The van der Waals surface area contributed by atoms with Crippen molar-refractivity contribution in [3.8, 4) is 0 Å².